The van der Waals surface area contributed by atoms with Crippen molar-refractivity contribution in [2.24, 2.45) is 5.92 Å². The molecule has 0 saturated carbocycles. The van der Waals surface area contributed by atoms with Crippen LogP contribution in [0.15, 0.2) is 28.8 Å². The second-order valence-corrected chi connectivity index (χ2v) is 6.09. The van der Waals surface area contributed by atoms with Crippen LogP contribution >= 0.6 is 0 Å². The molecule has 3 saturated heterocycles. The van der Waals surface area contributed by atoms with Gasteiger partial charge in [0.15, 0.2) is 5.76 Å². The predicted molar refractivity (Wildman–Crippen MR) is 80.1 cm³/mol. The summed E-state index contributed by atoms with van der Waals surface area (Å²) < 4.78 is 18.6. The van der Waals surface area contributed by atoms with Crippen molar-refractivity contribution in [3.8, 4) is 11.5 Å². The number of nitrogens with one attached hydrogen (secondary N) is 1. The number of hydrogen-bond donors (Lipinski definition) is 1. The quantitative estimate of drug-likeness (QED) is 0.873. The SMILES string of the molecule is O=C(NC1CN2CCC1CC2)c1ncc(-c2cccc(F)n2)o1. The molecule has 23 heavy (non-hydrogen) atoms. The lowest BCUT2D eigenvalue weighted by molar-refractivity contribution is 0.0602. The van der Waals surface area contributed by atoms with Crippen molar-refractivity contribution in [3.05, 3.63) is 36.2 Å². The average Bonchev–Trinajstić information content (AvgIpc) is 3.06. The number of carbonyl (C=O) groups is 1. The third-order valence-corrected chi connectivity index (χ3v) is 4.64. The number of fused-ring (bicyclic) bond motifs is 3. The van der Waals surface area contributed by atoms with Crippen LogP contribution < -0.4 is 5.32 Å². The normalized spacial score (nSPS) is 26.2. The smallest absolute Gasteiger partial charge is 0.307 e. The molecule has 3 aliphatic rings. The Labute approximate surface area is 132 Å². The minimum absolute atomic E-state index is 0.0116. The van der Waals surface area contributed by atoms with Gasteiger partial charge in [0.05, 0.1) is 6.20 Å². The van der Waals surface area contributed by atoms with Gasteiger partial charge in [-0.15, -0.1) is 0 Å². The van der Waals surface area contributed by atoms with Crippen LogP contribution in [0.3, 0.4) is 0 Å². The fourth-order valence-corrected chi connectivity index (χ4v) is 3.40. The van der Waals surface area contributed by atoms with Crippen molar-refractivity contribution in [1.82, 2.24) is 20.2 Å². The standard InChI is InChI=1S/C16H17FN4O2/c17-14-3-1-2-11(19-14)13-8-18-16(23-13)15(22)20-12-9-21-6-4-10(12)5-7-21/h1-3,8,10,12H,4-7,9H2,(H,20,22). The van der Waals surface area contributed by atoms with Crippen LogP contribution in [0, 0.1) is 11.9 Å². The summed E-state index contributed by atoms with van der Waals surface area (Å²) in [6.07, 6.45) is 3.64. The van der Waals surface area contributed by atoms with Crippen molar-refractivity contribution in [1.29, 1.82) is 0 Å². The van der Waals surface area contributed by atoms with E-state index >= 15 is 0 Å². The zero-order chi connectivity index (χ0) is 15.8. The van der Waals surface area contributed by atoms with Crippen molar-refractivity contribution < 1.29 is 13.6 Å². The van der Waals surface area contributed by atoms with Crippen molar-refractivity contribution in [3.63, 3.8) is 0 Å². The second kappa shape index (κ2) is 5.73. The lowest BCUT2D eigenvalue weighted by atomic mass is 9.84. The maximum atomic E-state index is 13.2. The summed E-state index contributed by atoms with van der Waals surface area (Å²) >= 11 is 0. The number of halogens is 1. The summed E-state index contributed by atoms with van der Waals surface area (Å²) in [4.78, 5) is 22.4. The lowest BCUT2D eigenvalue weighted by Crippen LogP contribution is -2.57. The molecule has 1 unspecified atom stereocenters. The van der Waals surface area contributed by atoms with Gasteiger partial charge in [0.1, 0.15) is 5.69 Å². The Morgan fingerprint density at radius 3 is 2.87 bits per heavy atom. The Morgan fingerprint density at radius 1 is 1.35 bits per heavy atom. The molecule has 0 aliphatic carbocycles. The van der Waals surface area contributed by atoms with Crippen molar-refractivity contribution >= 4 is 5.91 Å². The molecule has 2 aromatic heterocycles. The first kappa shape index (κ1) is 14.3. The lowest BCUT2D eigenvalue weighted by Gasteiger charge is -2.44. The van der Waals surface area contributed by atoms with Gasteiger partial charge in [0.2, 0.25) is 5.95 Å². The number of amides is 1. The minimum Gasteiger partial charge on any atom is -0.431 e. The Bertz CT molecular complexity index is 724. The molecule has 1 amide bonds. The van der Waals surface area contributed by atoms with Crippen LogP contribution in [0.25, 0.3) is 11.5 Å². The van der Waals surface area contributed by atoms with Crippen molar-refractivity contribution in [2.45, 2.75) is 18.9 Å². The van der Waals surface area contributed by atoms with Gasteiger partial charge >= 0.3 is 5.91 Å². The highest BCUT2D eigenvalue weighted by Crippen LogP contribution is 2.27. The first-order valence-electron chi connectivity index (χ1n) is 7.81. The van der Waals surface area contributed by atoms with Gasteiger partial charge in [-0.3, -0.25) is 4.79 Å². The van der Waals surface area contributed by atoms with Crippen LogP contribution in [0.2, 0.25) is 0 Å². The van der Waals surface area contributed by atoms with Crippen LogP contribution in [0.4, 0.5) is 4.39 Å². The van der Waals surface area contributed by atoms with E-state index in [1.54, 1.807) is 6.07 Å². The van der Waals surface area contributed by atoms with E-state index in [0.29, 0.717) is 11.6 Å². The summed E-state index contributed by atoms with van der Waals surface area (Å²) in [5, 5.41) is 3.01. The highest BCUT2D eigenvalue weighted by Gasteiger charge is 2.35. The molecular weight excluding hydrogens is 299 g/mol. The van der Waals surface area contributed by atoms with Gasteiger partial charge in [0.25, 0.3) is 5.89 Å². The van der Waals surface area contributed by atoms with Crippen LogP contribution in [-0.2, 0) is 0 Å². The first-order valence-corrected chi connectivity index (χ1v) is 7.81. The summed E-state index contributed by atoms with van der Waals surface area (Å²) in [5.41, 5.74) is 0.319. The Kier molecular flexibility index (Phi) is 3.57. The molecule has 0 spiro atoms. The van der Waals surface area contributed by atoms with Gasteiger partial charge in [-0.2, -0.15) is 4.39 Å². The molecule has 1 N–H and O–H groups in total. The molecule has 5 rings (SSSR count). The van der Waals surface area contributed by atoms with E-state index in [9.17, 15) is 9.18 Å². The molecule has 2 aromatic rings. The minimum atomic E-state index is -0.600. The molecule has 0 radical (unpaired) electrons. The number of oxazole rings is 1. The third-order valence-electron chi connectivity index (χ3n) is 4.64. The number of piperidine rings is 3. The van der Waals surface area contributed by atoms with Gasteiger partial charge in [0, 0.05) is 12.6 Å². The summed E-state index contributed by atoms with van der Waals surface area (Å²) in [6, 6.07) is 4.54. The van der Waals surface area contributed by atoms with Gasteiger partial charge < -0.3 is 14.6 Å². The Morgan fingerprint density at radius 2 is 2.17 bits per heavy atom. The fourth-order valence-electron chi connectivity index (χ4n) is 3.40. The van der Waals surface area contributed by atoms with E-state index in [4.69, 9.17) is 4.42 Å². The van der Waals surface area contributed by atoms with Gasteiger partial charge in [-0.25, -0.2) is 9.97 Å². The number of rotatable bonds is 3. The first-order chi connectivity index (χ1) is 11.2. The summed E-state index contributed by atoms with van der Waals surface area (Å²) in [7, 11) is 0. The maximum Gasteiger partial charge on any atom is 0.307 e. The van der Waals surface area contributed by atoms with Gasteiger partial charge in [-0.1, -0.05) is 6.07 Å². The van der Waals surface area contributed by atoms with Crippen LogP contribution in [-0.4, -0.2) is 46.5 Å². The molecule has 2 bridgehead atoms. The van der Waals surface area contributed by atoms with Crippen molar-refractivity contribution in [2.75, 3.05) is 19.6 Å². The molecule has 120 valence electrons. The monoisotopic (exact) mass is 316 g/mol. The largest absolute Gasteiger partial charge is 0.431 e. The highest BCUT2D eigenvalue weighted by molar-refractivity contribution is 5.90. The fraction of sp³-hybridized carbons (Fsp3) is 0.438. The number of carbonyl (C=O) groups excluding carboxylic acids is 1. The van der Waals surface area contributed by atoms with Crippen LogP contribution in [0.1, 0.15) is 23.5 Å². The molecule has 3 aliphatic heterocycles. The molecule has 7 heteroatoms. The van der Waals surface area contributed by atoms with E-state index in [2.05, 4.69) is 20.2 Å². The van der Waals surface area contributed by atoms with E-state index in [-0.39, 0.29) is 23.6 Å². The van der Waals surface area contributed by atoms with E-state index in [1.807, 2.05) is 0 Å². The number of hydrogen-bond acceptors (Lipinski definition) is 5. The second-order valence-electron chi connectivity index (χ2n) is 6.09. The predicted octanol–water partition coefficient (Wildman–Crippen LogP) is 1.70. The third kappa shape index (κ3) is 2.84. The Hall–Kier alpha value is -2.28. The zero-order valence-electron chi connectivity index (χ0n) is 12.5. The molecule has 1 atom stereocenters. The summed E-state index contributed by atoms with van der Waals surface area (Å²) in [6.45, 7) is 3.12. The molecule has 0 aromatic carbocycles. The van der Waals surface area contributed by atoms with E-state index < -0.39 is 5.95 Å². The summed E-state index contributed by atoms with van der Waals surface area (Å²) in [5.74, 6) is -0.127. The van der Waals surface area contributed by atoms with E-state index in [1.165, 1.54) is 18.3 Å². The Balaban J connectivity index is 1.47. The molecular formula is C16H17FN4O2. The number of aromatic nitrogens is 2. The zero-order valence-corrected chi connectivity index (χ0v) is 12.5. The highest BCUT2D eigenvalue weighted by atomic mass is 19.1. The maximum absolute atomic E-state index is 13.2. The number of nitrogens with zero attached hydrogens (tertiary/aromatic N) is 3. The molecule has 6 nitrogen and oxygen atoms in total. The molecule has 3 fully saturated rings. The molecule has 5 heterocycles. The van der Waals surface area contributed by atoms with Gasteiger partial charge in [-0.05, 0) is 44.0 Å². The van der Waals surface area contributed by atoms with Crippen LogP contribution in [0.5, 0.6) is 0 Å². The van der Waals surface area contributed by atoms with E-state index in [0.717, 1.165) is 32.5 Å². The topological polar surface area (TPSA) is 71.3 Å². The number of pyridine rings is 1. The average molecular weight is 316 g/mol.